The maximum atomic E-state index is 13.1. The second-order valence-electron chi connectivity index (χ2n) is 7.99. The van der Waals surface area contributed by atoms with Gasteiger partial charge in [-0.1, -0.05) is 24.4 Å². The Morgan fingerprint density at radius 2 is 1.61 bits per heavy atom. The van der Waals surface area contributed by atoms with Crippen LogP contribution in [0.5, 0.6) is 0 Å². The second-order valence-corrected chi connectivity index (χ2v) is 9.53. The van der Waals surface area contributed by atoms with Crippen molar-refractivity contribution in [1.29, 1.82) is 0 Å². The number of nitrogens with one attached hydrogen (secondary N) is 3. The van der Waals surface area contributed by atoms with Gasteiger partial charge in [-0.05, 0) is 61.9 Å². The molecule has 1 fully saturated rings. The molecule has 9 heteroatoms. The Hall–Kier alpha value is -2.42. The number of hydroxylamine groups is 1. The van der Waals surface area contributed by atoms with Crippen molar-refractivity contribution in [2.24, 2.45) is 11.8 Å². The average molecular weight is 462 g/mol. The van der Waals surface area contributed by atoms with Crippen LogP contribution in [0.15, 0.2) is 24.3 Å². The summed E-state index contributed by atoms with van der Waals surface area (Å²) in [4.78, 5) is 39.4. The molecule has 2 aliphatic rings. The number of fused-ring (bicyclic) bond motifs is 1. The van der Waals surface area contributed by atoms with Crippen molar-refractivity contribution in [2.75, 3.05) is 10.6 Å². The fourth-order valence-electron chi connectivity index (χ4n) is 4.51. The molecule has 4 N–H and O–H groups in total. The largest absolute Gasteiger partial charge is 0.322 e. The Kier molecular flexibility index (Phi) is 6.60. The topological polar surface area (TPSA) is 108 Å². The molecule has 1 saturated carbocycles. The number of carbonyl (C=O) groups excluding carboxylic acids is 3. The van der Waals surface area contributed by atoms with E-state index in [1.165, 1.54) is 11.3 Å². The van der Waals surface area contributed by atoms with Crippen molar-refractivity contribution in [3.05, 3.63) is 45.3 Å². The molecule has 4 rings (SSSR count). The Morgan fingerprint density at radius 1 is 0.935 bits per heavy atom. The number of hydrogen-bond acceptors (Lipinski definition) is 5. The minimum atomic E-state index is -0.572. The SMILES string of the molecule is O=C(Nc1ccc(Cl)cc1)c1c(NC(=O)C2CCCCC2C(=O)NO)sc2c1CCC2. The molecular weight excluding hydrogens is 438 g/mol. The smallest absolute Gasteiger partial charge is 0.258 e. The molecule has 1 heterocycles. The summed E-state index contributed by atoms with van der Waals surface area (Å²) in [5.41, 5.74) is 3.79. The minimum absolute atomic E-state index is 0.273. The van der Waals surface area contributed by atoms with Gasteiger partial charge in [0.25, 0.3) is 5.91 Å². The summed E-state index contributed by atoms with van der Waals surface area (Å²) < 4.78 is 0. The molecule has 1 aromatic heterocycles. The van der Waals surface area contributed by atoms with E-state index in [2.05, 4.69) is 10.6 Å². The van der Waals surface area contributed by atoms with Gasteiger partial charge in [0.1, 0.15) is 5.00 Å². The van der Waals surface area contributed by atoms with Gasteiger partial charge in [0.05, 0.1) is 11.5 Å². The molecular formula is C22H24ClN3O4S. The number of thiophene rings is 1. The van der Waals surface area contributed by atoms with Gasteiger partial charge in [-0.2, -0.15) is 0 Å². The van der Waals surface area contributed by atoms with Gasteiger partial charge in [0, 0.05) is 21.5 Å². The normalized spacial score (nSPS) is 20.1. The standard InChI is InChI=1S/C22H24ClN3O4S/c23-12-8-10-13(11-9-12)24-21(29)18-16-6-3-7-17(16)31-22(18)25-19(27)14-4-1-2-5-15(14)20(28)26-30/h8-11,14-15,30H,1-7H2,(H,24,29)(H,25,27)(H,26,28). The lowest BCUT2D eigenvalue weighted by Gasteiger charge is -2.28. The first-order valence-corrected chi connectivity index (χ1v) is 11.6. The fourth-order valence-corrected chi connectivity index (χ4v) is 5.92. The maximum Gasteiger partial charge on any atom is 0.258 e. The molecule has 0 spiro atoms. The molecule has 3 amide bonds. The van der Waals surface area contributed by atoms with Crippen LogP contribution in [0.25, 0.3) is 0 Å². The van der Waals surface area contributed by atoms with E-state index in [0.29, 0.717) is 34.1 Å². The van der Waals surface area contributed by atoms with E-state index in [0.717, 1.165) is 42.5 Å². The summed E-state index contributed by atoms with van der Waals surface area (Å²) >= 11 is 7.36. The fraction of sp³-hybridized carbons (Fsp3) is 0.409. The van der Waals surface area contributed by atoms with Crippen LogP contribution in [0, 0.1) is 11.8 Å². The highest BCUT2D eigenvalue weighted by Gasteiger charge is 2.37. The van der Waals surface area contributed by atoms with Crippen LogP contribution in [-0.4, -0.2) is 22.9 Å². The zero-order valence-electron chi connectivity index (χ0n) is 16.9. The van der Waals surface area contributed by atoms with Crippen LogP contribution in [0.1, 0.15) is 52.9 Å². The Balaban J connectivity index is 1.57. The van der Waals surface area contributed by atoms with Crippen molar-refractivity contribution in [3.8, 4) is 0 Å². The van der Waals surface area contributed by atoms with Gasteiger partial charge in [0.15, 0.2) is 0 Å². The highest BCUT2D eigenvalue weighted by atomic mass is 35.5. The zero-order chi connectivity index (χ0) is 22.0. The van der Waals surface area contributed by atoms with Crippen molar-refractivity contribution >= 4 is 51.3 Å². The van der Waals surface area contributed by atoms with E-state index in [9.17, 15) is 14.4 Å². The van der Waals surface area contributed by atoms with Crippen molar-refractivity contribution in [2.45, 2.75) is 44.9 Å². The molecule has 2 aromatic rings. The van der Waals surface area contributed by atoms with E-state index < -0.39 is 17.7 Å². The van der Waals surface area contributed by atoms with Crippen LogP contribution in [0.4, 0.5) is 10.7 Å². The summed E-state index contributed by atoms with van der Waals surface area (Å²) in [6.07, 6.45) is 5.47. The first kappa shape index (κ1) is 21.8. The summed E-state index contributed by atoms with van der Waals surface area (Å²) in [5, 5.41) is 16.0. The second kappa shape index (κ2) is 9.38. The number of benzene rings is 1. The van der Waals surface area contributed by atoms with Gasteiger partial charge in [-0.25, -0.2) is 5.48 Å². The van der Waals surface area contributed by atoms with Crippen LogP contribution >= 0.6 is 22.9 Å². The first-order valence-electron chi connectivity index (χ1n) is 10.4. The number of rotatable bonds is 5. The summed E-state index contributed by atoms with van der Waals surface area (Å²) in [6, 6.07) is 6.86. The average Bonchev–Trinajstić information content (AvgIpc) is 3.35. The molecule has 164 valence electrons. The number of carbonyl (C=O) groups is 3. The van der Waals surface area contributed by atoms with E-state index in [-0.39, 0.29) is 11.8 Å². The quantitative estimate of drug-likeness (QED) is 0.391. The number of halogens is 1. The molecule has 2 unspecified atom stereocenters. The number of amides is 3. The van der Waals surface area contributed by atoms with E-state index >= 15 is 0 Å². The molecule has 7 nitrogen and oxygen atoms in total. The summed E-state index contributed by atoms with van der Waals surface area (Å²) in [5.74, 6) is -2.20. The molecule has 2 aliphatic carbocycles. The molecule has 0 bridgehead atoms. The molecule has 31 heavy (non-hydrogen) atoms. The molecule has 1 aromatic carbocycles. The monoisotopic (exact) mass is 461 g/mol. The van der Waals surface area contributed by atoms with Crippen molar-refractivity contribution in [1.82, 2.24) is 5.48 Å². The third-order valence-electron chi connectivity index (χ3n) is 6.04. The predicted molar refractivity (Wildman–Crippen MR) is 120 cm³/mol. The first-order chi connectivity index (χ1) is 15.0. The van der Waals surface area contributed by atoms with Crippen LogP contribution < -0.4 is 16.1 Å². The van der Waals surface area contributed by atoms with Crippen LogP contribution in [0.3, 0.4) is 0 Å². The van der Waals surface area contributed by atoms with Gasteiger partial charge in [-0.15, -0.1) is 11.3 Å². The highest BCUT2D eigenvalue weighted by molar-refractivity contribution is 7.17. The third-order valence-corrected chi connectivity index (χ3v) is 7.50. The summed E-state index contributed by atoms with van der Waals surface area (Å²) in [6.45, 7) is 0. The van der Waals surface area contributed by atoms with Crippen molar-refractivity contribution < 1.29 is 19.6 Å². The Bertz CT molecular complexity index is 1000. The number of hydrogen-bond donors (Lipinski definition) is 4. The lowest BCUT2D eigenvalue weighted by Crippen LogP contribution is -2.40. The van der Waals surface area contributed by atoms with Gasteiger partial charge in [-0.3, -0.25) is 19.6 Å². The zero-order valence-corrected chi connectivity index (χ0v) is 18.4. The molecule has 2 atom stereocenters. The number of anilines is 2. The van der Waals surface area contributed by atoms with E-state index in [4.69, 9.17) is 16.8 Å². The highest BCUT2D eigenvalue weighted by Crippen LogP contribution is 2.40. The lowest BCUT2D eigenvalue weighted by molar-refractivity contribution is -0.140. The molecule has 0 saturated heterocycles. The van der Waals surface area contributed by atoms with Crippen molar-refractivity contribution in [3.63, 3.8) is 0 Å². The predicted octanol–water partition coefficient (Wildman–Crippen LogP) is 4.39. The minimum Gasteiger partial charge on any atom is -0.322 e. The van der Waals surface area contributed by atoms with Gasteiger partial charge >= 0.3 is 0 Å². The Morgan fingerprint density at radius 3 is 2.29 bits per heavy atom. The van der Waals surface area contributed by atoms with Crippen LogP contribution in [0.2, 0.25) is 5.02 Å². The maximum absolute atomic E-state index is 13.1. The Labute approximate surface area is 189 Å². The van der Waals surface area contributed by atoms with E-state index in [1.807, 2.05) is 0 Å². The third kappa shape index (κ3) is 4.61. The van der Waals surface area contributed by atoms with Gasteiger partial charge in [0.2, 0.25) is 11.8 Å². The number of aryl methyl sites for hydroxylation is 1. The van der Waals surface area contributed by atoms with Crippen LogP contribution in [-0.2, 0) is 22.4 Å². The molecule has 0 aliphatic heterocycles. The van der Waals surface area contributed by atoms with Gasteiger partial charge < -0.3 is 10.6 Å². The molecule has 0 radical (unpaired) electrons. The lowest BCUT2D eigenvalue weighted by atomic mass is 9.78. The summed E-state index contributed by atoms with van der Waals surface area (Å²) in [7, 11) is 0. The van der Waals surface area contributed by atoms with E-state index in [1.54, 1.807) is 29.7 Å².